The van der Waals surface area contributed by atoms with Crippen molar-refractivity contribution in [3.63, 3.8) is 0 Å². The third kappa shape index (κ3) is 8.39. The van der Waals surface area contributed by atoms with Gasteiger partial charge >= 0.3 is 12.2 Å². The van der Waals surface area contributed by atoms with Gasteiger partial charge in [0.15, 0.2) is 0 Å². The lowest BCUT2D eigenvalue weighted by Crippen LogP contribution is -2.39. The summed E-state index contributed by atoms with van der Waals surface area (Å²) in [5.41, 5.74) is 0.0763. The number of alkyl halides is 3. The van der Waals surface area contributed by atoms with Crippen LogP contribution in [0.3, 0.4) is 0 Å². The van der Waals surface area contributed by atoms with E-state index in [1.807, 2.05) is 12.1 Å². The second-order valence-corrected chi connectivity index (χ2v) is 11.3. The highest BCUT2D eigenvalue weighted by Crippen LogP contribution is 2.48. The summed E-state index contributed by atoms with van der Waals surface area (Å²) in [6.07, 6.45) is -0.200. The van der Waals surface area contributed by atoms with Crippen LogP contribution in [-0.4, -0.2) is 49.1 Å². The first-order valence-electron chi connectivity index (χ1n) is 12.9. The highest BCUT2D eigenvalue weighted by Gasteiger charge is 2.43. The molecule has 0 bridgehead atoms. The largest absolute Gasteiger partial charge is 0.417 e. The number of urea groups is 1. The summed E-state index contributed by atoms with van der Waals surface area (Å²) < 4.78 is 39.1. The van der Waals surface area contributed by atoms with Crippen LogP contribution in [0.15, 0.2) is 36.4 Å². The Bertz CT molecular complexity index is 1200. The molecule has 3 N–H and O–H groups in total. The van der Waals surface area contributed by atoms with E-state index in [9.17, 15) is 22.8 Å². The molecule has 2 fully saturated rings. The molecule has 0 radical (unpaired) electrons. The fraction of sp³-hybridized carbons (Fsp3) is 0.481. The van der Waals surface area contributed by atoms with Crippen LogP contribution in [-0.2, 0) is 11.0 Å². The molecule has 2 aromatic carbocycles. The lowest BCUT2D eigenvalue weighted by atomic mass is 10.1. The monoisotopic (exact) mass is 604 g/mol. The molecule has 212 valence electrons. The Morgan fingerprint density at radius 2 is 1.74 bits per heavy atom. The predicted octanol–water partition coefficient (Wildman–Crippen LogP) is 6.95. The molecule has 1 heterocycles. The van der Waals surface area contributed by atoms with Gasteiger partial charge in [0.05, 0.1) is 20.6 Å². The molecular formula is C27H30Cl3F3N4O2. The molecule has 2 aliphatic rings. The smallest absolute Gasteiger partial charge is 0.356 e. The first kappa shape index (κ1) is 29.8. The third-order valence-electron chi connectivity index (χ3n) is 7.09. The Morgan fingerprint density at radius 3 is 2.49 bits per heavy atom. The van der Waals surface area contributed by atoms with Crippen LogP contribution in [0.2, 0.25) is 15.1 Å². The van der Waals surface area contributed by atoms with Crippen LogP contribution in [0.5, 0.6) is 0 Å². The molecule has 1 saturated carbocycles. The number of rotatable bonds is 10. The second-order valence-electron chi connectivity index (χ2n) is 10.1. The maximum absolute atomic E-state index is 13.0. The number of nitrogens with zero attached hydrogens (tertiary/aromatic N) is 1. The Hall–Kier alpha value is -2.20. The summed E-state index contributed by atoms with van der Waals surface area (Å²) in [6.45, 7) is 3.02. The van der Waals surface area contributed by atoms with Crippen molar-refractivity contribution in [2.75, 3.05) is 31.5 Å². The van der Waals surface area contributed by atoms with Crippen LogP contribution in [0, 0.1) is 5.92 Å². The number of hydrogen-bond acceptors (Lipinski definition) is 3. The third-order valence-corrected chi connectivity index (χ3v) is 8.16. The predicted molar refractivity (Wildman–Crippen MR) is 148 cm³/mol. The van der Waals surface area contributed by atoms with Gasteiger partial charge in [-0.15, -0.1) is 0 Å². The van der Waals surface area contributed by atoms with Crippen LogP contribution < -0.4 is 16.0 Å². The fourth-order valence-electron chi connectivity index (χ4n) is 4.90. The molecule has 1 aliphatic heterocycles. The minimum absolute atomic E-state index is 0.0140. The van der Waals surface area contributed by atoms with E-state index < -0.39 is 22.8 Å². The van der Waals surface area contributed by atoms with E-state index in [2.05, 4.69) is 20.9 Å². The topological polar surface area (TPSA) is 73.5 Å². The van der Waals surface area contributed by atoms with Crippen LogP contribution in [0.4, 0.5) is 23.7 Å². The summed E-state index contributed by atoms with van der Waals surface area (Å²) in [5.74, 6) is 0.257. The first-order chi connectivity index (χ1) is 18.5. The van der Waals surface area contributed by atoms with Gasteiger partial charge in [0, 0.05) is 37.3 Å². The zero-order chi connectivity index (χ0) is 28.2. The Balaban J connectivity index is 1.07. The van der Waals surface area contributed by atoms with Gasteiger partial charge in [-0.1, -0.05) is 47.3 Å². The molecule has 3 atom stereocenters. The lowest BCUT2D eigenvalue weighted by Gasteiger charge is -2.17. The van der Waals surface area contributed by atoms with Crippen molar-refractivity contribution in [3.8, 4) is 0 Å². The highest BCUT2D eigenvalue weighted by atomic mass is 35.5. The summed E-state index contributed by atoms with van der Waals surface area (Å²) in [4.78, 5) is 27.0. The number of hydrogen-bond donors (Lipinski definition) is 3. The van der Waals surface area contributed by atoms with Gasteiger partial charge in [0.2, 0.25) is 5.91 Å². The van der Waals surface area contributed by atoms with Gasteiger partial charge in [-0.05, 0) is 74.0 Å². The summed E-state index contributed by atoms with van der Waals surface area (Å²) in [6, 6.07) is 8.15. The summed E-state index contributed by atoms with van der Waals surface area (Å²) in [7, 11) is 0. The highest BCUT2D eigenvalue weighted by molar-refractivity contribution is 6.42. The normalized spacial score (nSPS) is 21.0. The molecule has 12 heteroatoms. The van der Waals surface area contributed by atoms with Crippen molar-refractivity contribution >= 4 is 52.4 Å². The van der Waals surface area contributed by atoms with Crippen LogP contribution >= 0.6 is 34.8 Å². The van der Waals surface area contributed by atoms with Gasteiger partial charge < -0.3 is 20.9 Å². The van der Waals surface area contributed by atoms with E-state index in [-0.39, 0.29) is 29.5 Å². The summed E-state index contributed by atoms with van der Waals surface area (Å²) >= 11 is 17.7. The van der Waals surface area contributed by atoms with Crippen molar-refractivity contribution in [3.05, 3.63) is 62.6 Å². The fourth-order valence-corrected chi connectivity index (χ4v) is 5.43. The molecule has 4 rings (SSSR count). The molecule has 0 spiro atoms. The number of amides is 3. The molecule has 2 aromatic rings. The number of halogens is 6. The minimum atomic E-state index is -4.60. The number of nitrogens with one attached hydrogen (secondary N) is 3. The minimum Gasteiger partial charge on any atom is -0.356 e. The van der Waals surface area contributed by atoms with E-state index in [0.717, 1.165) is 62.9 Å². The van der Waals surface area contributed by atoms with Gasteiger partial charge in [0.25, 0.3) is 0 Å². The molecule has 1 saturated heterocycles. The quantitative estimate of drug-likeness (QED) is 0.257. The molecule has 6 nitrogen and oxygen atoms in total. The Kier molecular flexibility index (Phi) is 9.91. The number of carbonyl (C=O) groups is 2. The first-order valence-corrected chi connectivity index (χ1v) is 14.0. The SMILES string of the molecule is O=C(Nc1ccc(Cl)c(C(F)(F)F)c1)N[C@H]1CCN(CCCCCNC(=O)C2CC2c2ccc(Cl)c(Cl)c2)C1. The second kappa shape index (κ2) is 13.0. The molecule has 1 aliphatic carbocycles. The van der Waals surface area contributed by atoms with Crippen molar-refractivity contribution in [1.29, 1.82) is 0 Å². The standard InChI is InChI=1S/C27H30Cl3F3N4O2/c28-22-7-5-17(13-21(22)27(31,32)33)35-26(39)36-18-8-11-37(15-18)10-3-1-2-9-34-25(38)20-14-19(20)16-4-6-23(29)24(30)12-16/h4-7,12-13,18-20H,1-3,8-11,14-15H2,(H,34,38)(H2,35,36,39)/t18-,19?,20?/m0/s1. The number of anilines is 1. The van der Waals surface area contributed by atoms with Gasteiger partial charge in [-0.2, -0.15) is 13.2 Å². The van der Waals surface area contributed by atoms with Crippen molar-refractivity contribution in [2.45, 2.75) is 50.2 Å². The lowest BCUT2D eigenvalue weighted by molar-refractivity contribution is -0.137. The van der Waals surface area contributed by atoms with Crippen molar-refractivity contribution in [2.24, 2.45) is 5.92 Å². The molecule has 3 amide bonds. The maximum atomic E-state index is 13.0. The zero-order valence-electron chi connectivity index (χ0n) is 21.1. The van der Waals surface area contributed by atoms with E-state index >= 15 is 0 Å². The van der Waals surface area contributed by atoms with E-state index in [1.165, 1.54) is 6.07 Å². The van der Waals surface area contributed by atoms with Crippen molar-refractivity contribution in [1.82, 2.24) is 15.5 Å². The maximum Gasteiger partial charge on any atom is 0.417 e. The average Bonchev–Trinajstić information content (AvgIpc) is 3.56. The number of benzene rings is 2. The van der Waals surface area contributed by atoms with Gasteiger partial charge in [0.1, 0.15) is 0 Å². The molecule has 0 aromatic heterocycles. The van der Waals surface area contributed by atoms with Crippen LogP contribution in [0.1, 0.15) is 49.1 Å². The van der Waals surface area contributed by atoms with Gasteiger partial charge in [-0.25, -0.2) is 4.79 Å². The molecule has 39 heavy (non-hydrogen) atoms. The summed E-state index contributed by atoms with van der Waals surface area (Å²) in [5, 5.41) is 8.90. The van der Waals surface area contributed by atoms with E-state index in [0.29, 0.717) is 23.1 Å². The zero-order valence-corrected chi connectivity index (χ0v) is 23.4. The number of carbonyl (C=O) groups excluding carboxylic acids is 2. The number of likely N-dealkylation sites (tertiary alicyclic amines) is 1. The Labute approximate surface area is 240 Å². The Morgan fingerprint density at radius 1 is 0.974 bits per heavy atom. The number of unbranched alkanes of at least 4 members (excludes halogenated alkanes) is 2. The van der Waals surface area contributed by atoms with E-state index in [1.54, 1.807) is 6.07 Å². The molecular weight excluding hydrogens is 576 g/mol. The van der Waals surface area contributed by atoms with Crippen LogP contribution in [0.25, 0.3) is 0 Å². The molecule has 2 unspecified atom stereocenters. The van der Waals surface area contributed by atoms with Crippen molar-refractivity contribution < 1.29 is 22.8 Å². The van der Waals surface area contributed by atoms with Gasteiger partial charge in [-0.3, -0.25) is 4.79 Å². The average molecular weight is 606 g/mol. The van der Waals surface area contributed by atoms with E-state index in [4.69, 9.17) is 34.8 Å².